The molecule has 0 unspecified atom stereocenters. The van der Waals surface area contributed by atoms with Gasteiger partial charge in [-0.05, 0) is 30.5 Å². The summed E-state index contributed by atoms with van der Waals surface area (Å²) in [5, 5.41) is 7.35. The molecule has 124 valence electrons. The molecule has 6 nitrogen and oxygen atoms in total. The summed E-state index contributed by atoms with van der Waals surface area (Å²) in [5.41, 5.74) is 0.483. The van der Waals surface area contributed by atoms with Crippen LogP contribution < -0.4 is 5.56 Å². The van der Waals surface area contributed by atoms with Crippen LogP contribution in [0.2, 0.25) is 0 Å². The van der Waals surface area contributed by atoms with Gasteiger partial charge in [0, 0.05) is 16.5 Å². The van der Waals surface area contributed by atoms with E-state index in [-0.39, 0.29) is 11.4 Å². The van der Waals surface area contributed by atoms with Gasteiger partial charge >= 0.3 is 12.1 Å². The average Bonchev–Trinajstić information content (AvgIpc) is 3.05. The van der Waals surface area contributed by atoms with Crippen LogP contribution in [-0.2, 0) is 6.18 Å². The van der Waals surface area contributed by atoms with Gasteiger partial charge in [-0.2, -0.15) is 27.9 Å². The first-order chi connectivity index (χ1) is 11.4. The summed E-state index contributed by atoms with van der Waals surface area (Å²) >= 11 is 1.40. The number of rotatable bonds is 3. The predicted molar refractivity (Wildman–Crippen MR) is 79.9 cm³/mol. The van der Waals surface area contributed by atoms with E-state index in [1.807, 2.05) is 6.26 Å². The molecule has 0 aliphatic heterocycles. The van der Waals surface area contributed by atoms with Gasteiger partial charge in [-0.25, -0.2) is 0 Å². The van der Waals surface area contributed by atoms with Crippen LogP contribution in [0, 0.1) is 0 Å². The Morgan fingerprint density at radius 2 is 1.92 bits per heavy atom. The average molecular weight is 354 g/mol. The number of hydrogen-bond donors (Lipinski definition) is 0. The lowest BCUT2D eigenvalue weighted by molar-refractivity contribution is -0.159. The SMILES string of the molecule is CSc1cnn(-c2ccc(-c3noc(C(F)(F)F)n3)cc2)c(=O)c1. The summed E-state index contributed by atoms with van der Waals surface area (Å²) in [6, 6.07) is 7.48. The number of halogens is 3. The van der Waals surface area contributed by atoms with Crippen molar-refractivity contribution >= 4 is 11.8 Å². The van der Waals surface area contributed by atoms with Gasteiger partial charge in [0.15, 0.2) is 0 Å². The number of aromatic nitrogens is 4. The summed E-state index contributed by atoms with van der Waals surface area (Å²) in [6.45, 7) is 0. The third-order valence-electron chi connectivity index (χ3n) is 3.05. The van der Waals surface area contributed by atoms with E-state index >= 15 is 0 Å². The number of benzene rings is 1. The van der Waals surface area contributed by atoms with Crippen molar-refractivity contribution in [1.82, 2.24) is 19.9 Å². The van der Waals surface area contributed by atoms with Crippen LogP contribution in [0.5, 0.6) is 0 Å². The second kappa shape index (κ2) is 6.11. The Bertz CT molecular complexity index is 919. The molecule has 2 aromatic heterocycles. The first kappa shape index (κ1) is 16.2. The van der Waals surface area contributed by atoms with Gasteiger partial charge in [0.2, 0.25) is 5.82 Å². The molecule has 0 atom stereocenters. The summed E-state index contributed by atoms with van der Waals surface area (Å²) in [5.74, 6) is -1.60. The van der Waals surface area contributed by atoms with Gasteiger partial charge in [0.25, 0.3) is 5.56 Å². The van der Waals surface area contributed by atoms with Crippen molar-refractivity contribution in [3.63, 3.8) is 0 Å². The first-order valence-electron chi connectivity index (χ1n) is 6.53. The Balaban J connectivity index is 1.91. The van der Waals surface area contributed by atoms with E-state index in [1.54, 1.807) is 6.20 Å². The summed E-state index contributed by atoms with van der Waals surface area (Å²) in [4.78, 5) is 16.0. The molecule has 0 radical (unpaired) electrons. The maximum absolute atomic E-state index is 12.5. The summed E-state index contributed by atoms with van der Waals surface area (Å²) < 4.78 is 42.8. The van der Waals surface area contributed by atoms with Gasteiger partial charge in [-0.1, -0.05) is 5.16 Å². The highest BCUT2D eigenvalue weighted by atomic mass is 32.2. The summed E-state index contributed by atoms with van der Waals surface area (Å²) in [7, 11) is 0. The molecule has 1 aromatic carbocycles. The summed E-state index contributed by atoms with van der Waals surface area (Å²) in [6.07, 6.45) is -1.31. The zero-order valence-electron chi connectivity index (χ0n) is 12.1. The minimum atomic E-state index is -4.69. The number of hydrogen-bond acceptors (Lipinski definition) is 6. The standard InChI is InChI=1S/C14H9F3N4O2S/c1-24-10-6-11(22)21(18-7-10)9-4-2-8(3-5-9)12-19-13(23-20-12)14(15,16)17/h2-7H,1H3. The maximum atomic E-state index is 12.5. The number of alkyl halides is 3. The maximum Gasteiger partial charge on any atom is 0.471 e. The fourth-order valence-electron chi connectivity index (χ4n) is 1.90. The fraction of sp³-hybridized carbons (Fsp3) is 0.143. The normalized spacial score (nSPS) is 11.7. The third-order valence-corrected chi connectivity index (χ3v) is 3.74. The fourth-order valence-corrected chi connectivity index (χ4v) is 2.28. The van der Waals surface area contributed by atoms with Crippen molar-refractivity contribution in [2.45, 2.75) is 11.1 Å². The molecule has 0 saturated heterocycles. The van der Waals surface area contributed by atoms with Gasteiger partial charge in [0.1, 0.15) is 0 Å². The van der Waals surface area contributed by atoms with Crippen LogP contribution >= 0.6 is 11.8 Å². The van der Waals surface area contributed by atoms with Crippen LogP contribution in [0.15, 0.2) is 50.7 Å². The Morgan fingerprint density at radius 1 is 1.21 bits per heavy atom. The Morgan fingerprint density at radius 3 is 2.46 bits per heavy atom. The van der Waals surface area contributed by atoms with Gasteiger partial charge in [0.05, 0.1) is 11.9 Å². The van der Waals surface area contributed by atoms with Crippen molar-refractivity contribution in [3.05, 3.63) is 52.8 Å². The lowest BCUT2D eigenvalue weighted by Crippen LogP contribution is -2.19. The molecular formula is C14H9F3N4O2S. The second-order valence-electron chi connectivity index (χ2n) is 4.61. The van der Waals surface area contributed by atoms with E-state index in [1.165, 1.54) is 46.8 Å². The van der Waals surface area contributed by atoms with E-state index in [0.717, 1.165) is 4.90 Å². The van der Waals surface area contributed by atoms with Crippen molar-refractivity contribution in [1.29, 1.82) is 0 Å². The van der Waals surface area contributed by atoms with E-state index in [4.69, 9.17) is 0 Å². The van der Waals surface area contributed by atoms with E-state index in [9.17, 15) is 18.0 Å². The van der Waals surface area contributed by atoms with Crippen molar-refractivity contribution in [2.24, 2.45) is 0 Å². The molecule has 0 aliphatic carbocycles. The molecule has 0 bridgehead atoms. The molecule has 0 N–H and O–H groups in total. The molecule has 0 amide bonds. The third kappa shape index (κ3) is 3.18. The highest BCUT2D eigenvalue weighted by Crippen LogP contribution is 2.29. The van der Waals surface area contributed by atoms with Crippen molar-refractivity contribution < 1.29 is 17.7 Å². The van der Waals surface area contributed by atoms with Crippen LogP contribution in [-0.4, -0.2) is 26.2 Å². The monoisotopic (exact) mass is 354 g/mol. The first-order valence-corrected chi connectivity index (χ1v) is 7.76. The van der Waals surface area contributed by atoms with E-state index < -0.39 is 12.1 Å². The zero-order valence-corrected chi connectivity index (χ0v) is 12.9. The van der Waals surface area contributed by atoms with Gasteiger partial charge in [-0.15, -0.1) is 11.8 Å². The Labute approximate surface area is 137 Å². The van der Waals surface area contributed by atoms with E-state index in [0.29, 0.717) is 11.3 Å². The molecule has 24 heavy (non-hydrogen) atoms. The molecule has 0 aliphatic rings. The topological polar surface area (TPSA) is 73.8 Å². The van der Waals surface area contributed by atoms with Gasteiger partial charge in [-0.3, -0.25) is 4.79 Å². The minimum Gasteiger partial charge on any atom is -0.329 e. The Kier molecular flexibility index (Phi) is 4.14. The second-order valence-corrected chi connectivity index (χ2v) is 5.49. The molecule has 10 heteroatoms. The molecule has 0 fully saturated rings. The van der Waals surface area contributed by atoms with E-state index in [2.05, 4.69) is 19.8 Å². The van der Waals surface area contributed by atoms with Crippen molar-refractivity contribution in [2.75, 3.05) is 6.26 Å². The number of thioether (sulfide) groups is 1. The van der Waals surface area contributed by atoms with Crippen molar-refractivity contribution in [3.8, 4) is 17.1 Å². The molecule has 0 saturated carbocycles. The smallest absolute Gasteiger partial charge is 0.329 e. The van der Waals surface area contributed by atoms with Gasteiger partial charge < -0.3 is 4.52 Å². The number of nitrogens with zero attached hydrogens (tertiary/aromatic N) is 4. The molecule has 2 heterocycles. The van der Waals surface area contributed by atoms with Crippen LogP contribution in [0.25, 0.3) is 17.1 Å². The quantitative estimate of drug-likeness (QED) is 0.673. The van der Waals surface area contributed by atoms with Crippen LogP contribution in [0.4, 0.5) is 13.2 Å². The minimum absolute atomic E-state index is 0.188. The predicted octanol–water partition coefficient (Wildman–Crippen LogP) is 3.02. The van der Waals surface area contributed by atoms with Crippen LogP contribution in [0.1, 0.15) is 5.89 Å². The molecular weight excluding hydrogens is 345 g/mol. The zero-order chi connectivity index (χ0) is 17.3. The highest BCUT2D eigenvalue weighted by Gasteiger charge is 2.38. The molecule has 0 spiro atoms. The lowest BCUT2D eigenvalue weighted by Gasteiger charge is -2.05. The largest absolute Gasteiger partial charge is 0.471 e. The lowest BCUT2D eigenvalue weighted by atomic mass is 10.2. The highest BCUT2D eigenvalue weighted by molar-refractivity contribution is 7.98. The molecule has 3 rings (SSSR count). The van der Waals surface area contributed by atoms with Crippen LogP contribution in [0.3, 0.4) is 0 Å². The Hall–Kier alpha value is -2.62. The molecule has 3 aromatic rings.